The van der Waals surface area contributed by atoms with Crippen LogP contribution in [0.1, 0.15) is 0 Å². The lowest BCUT2D eigenvalue weighted by atomic mass is 10.00. The number of anilines is 1. The molecule has 1 aliphatic heterocycles. The molecule has 1 fully saturated rings. The molecule has 27 heavy (non-hydrogen) atoms. The van der Waals surface area contributed by atoms with Gasteiger partial charge in [0.25, 0.3) is 5.56 Å². The third kappa shape index (κ3) is 3.71. The van der Waals surface area contributed by atoms with Crippen LogP contribution in [0.4, 0.5) is 14.5 Å². The summed E-state index contributed by atoms with van der Waals surface area (Å²) in [5.74, 6) is -0.573. The molecular formula is C18H18F2N6O. The van der Waals surface area contributed by atoms with Crippen LogP contribution >= 0.6 is 0 Å². The molecule has 1 saturated heterocycles. The second-order valence-corrected chi connectivity index (χ2v) is 6.53. The molecule has 7 nitrogen and oxygen atoms in total. The van der Waals surface area contributed by atoms with E-state index in [4.69, 9.17) is 0 Å². The second kappa shape index (κ2) is 7.26. The first-order chi connectivity index (χ1) is 13.1. The van der Waals surface area contributed by atoms with Crippen LogP contribution in [-0.2, 0) is 13.1 Å². The minimum absolute atomic E-state index is 0.0635. The first-order valence-corrected chi connectivity index (χ1v) is 8.64. The van der Waals surface area contributed by atoms with Gasteiger partial charge in [0.2, 0.25) is 6.43 Å². The maximum absolute atomic E-state index is 12.7. The van der Waals surface area contributed by atoms with Crippen molar-refractivity contribution in [2.45, 2.75) is 19.5 Å². The summed E-state index contributed by atoms with van der Waals surface area (Å²) in [6.45, 7) is 1.67. The molecule has 0 saturated carbocycles. The minimum atomic E-state index is -2.28. The van der Waals surface area contributed by atoms with Crippen molar-refractivity contribution in [3.8, 4) is 11.3 Å². The van der Waals surface area contributed by atoms with Crippen LogP contribution < -0.4 is 10.5 Å². The molecule has 0 bridgehead atoms. The van der Waals surface area contributed by atoms with Crippen molar-refractivity contribution >= 4 is 5.69 Å². The van der Waals surface area contributed by atoms with E-state index in [0.29, 0.717) is 31.9 Å². The summed E-state index contributed by atoms with van der Waals surface area (Å²) in [6.07, 6.45) is 4.57. The molecule has 0 spiro atoms. The predicted octanol–water partition coefficient (Wildman–Crippen LogP) is 1.90. The van der Waals surface area contributed by atoms with Gasteiger partial charge in [-0.1, -0.05) is 11.3 Å². The molecule has 0 atom stereocenters. The molecule has 0 aliphatic carbocycles. The molecule has 9 heteroatoms. The molecule has 0 amide bonds. The topological polar surface area (TPSA) is 68.8 Å². The molecule has 0 unspecified atom stereocenters. The van der Waals surface area contributed by atoms with Crippen LogP contribution in [0, 0.1) is 5.92 Å². The van der Waals surface area contributed by atoms with Gasteiger partial charge in [-0.2, -0.15) is 0 Å². The van der Waals surface area contributed by atoms with Crippen molar-refractivity contribution in [1.29, 1.82) is 0 Å². The highest BCUT2D eigenvalue weighted by Crippen LogP contribution is 2.30. The summed E-state index contributed by atoms with van der Waals surface area (Å²) in [6, 6.07) is 6.90. The van der Waals surface area contributed by atoms with Gasteiger partial charge in [-0.3, -0.25) is 14.5 Å². The monoisotopic (exact) mass is 372 g/mol. The number of hydrogen-bond acceptors (Lipinski definition) is 5. The zero-order chi connectivity index (χ0) is 18.8. The second-order valence-electron chi connectivity index (χ2n) is 6.53. The van der Waals surface area contributed by atoms with E-state index in [1.54, 1.807) is 46.2 Å². The van der Waals surface area contributed by atoms with Crippen molar-refractivity contribution in [2.75, 3.05) is 18.0 Å². The fourth-order valence-electron chi connectivity index (χ4n) is 3.02. The smallest absolute Gasteiger partial charge is 0.250 e. The van der Waals surface area contributed by atoms with Crippen molar-refractivity contribution in [3.05, 3.63) is 59.4 Å². The largest absolute Gasteiger partial charge is 0.369 e. The highest BCUT2D eigenvalue weighted by molar-refractivity contribution is 5.63. The summed E-state index contributed by atoms with van der Waals surface area (Å²) in [5, 5.41) is 8.25. The lowest BCUT2D eigenvalue weighted by Gasteiger charge is -2.40. The third-order valence-corrected chi connectivity index (χ3v) is 4.66. The Hall–Kier alpha value is -3.10. The number of aromatic nitrogens is 5. The van der Waals surface area contributed by atoms with Gasteiger partial charge in [0.05, 0.1) is 30.5 Å². The lowest BCUT2D eigenvalue weighted by Crippen LogP contribution is -2.50. The molecule has 1 aliphatic rings. The van der Waals surface area contributed by atoms with Gasteiger partial charge in [0.1, 0.15) is 5.69 Å². The fraction of sp³-hybridized carbons (Fsp3) is 0.333. The molecule has 140 valence electrons. The average Bonchev–Trinajstić information content (AvgIpc) is 3.09. The van der Waals surface area contributed by atoms with Crippen LogP contribution in [0.3, 0.4) is 0 Å². The van der Waals surface area contributed by atoms with Gasteiger partial charge in [-0.25, -0.2) is 8.78 Å². The first kappa shape index (κ1) is 17.3. The van der Waals surface area contributed by atoms with Gasteiger partial charge in [0.15, 0.2) is 0 Å². The van der Waals surface area contributed by atoms with Crippen LogP contribution in [0.5, 0.6) is 0 Å². The summed E-state index contributed by atoms with van der Waals surface area (Å²) in [5.41, 5.74) is 2.16. The maximum Gasteiger partial charge on any atom is 0.250 e. The highest BCUT2D eigenvalue weighted by atomic mass is 19.3. The number of hydrogen-bond donors (Lipinski definition) is 0. The molecule has 3 aromatic heterocycles. The maximum atomic E-state index is 12.7. The summed E-state index contributed by atoms with van der Waals surface area (Å²) < 4.78 is 28.6. The molecule has 4 heterocycles. The Morgan fingerprint density at radius 1 is 1.19 bits per heavy atom. The van der Waals surface area contributed by atoms with E-state index in [1.165, 1.54) is 6.07 Å². The quantitative estimate of drug-likeness (QED) is 0.661. The van der Waals surface area contributed by atoms with Crippen LogP contribution in [0.15, 0.2) is 53.8 Å². The van der Waals surface area contributed by atoms with Gasteiger partial charge in [-0.15, -0.1) is 5.10 Å². The van der Waals surface area contributed by atoms with Crippen molar-refractivity contribution in [3.63, 3.8) is 0 Å². The zero-order valence-electron chi connectivity index (χ0n) is 14.4. The summed E-state index contributed by atoms with van der Waals surface area (Å²) >= 11 is 0. The van der Waals surface area contributed by atoms with E-state index in [-0.39, 0.29) is 5.56 Å². The van der Waals surface area contributed by atoms with E-state index in [2.05, 4.69) is 15.3 Å². The Morgan fingerprint density at radius 2 is 2.04 bits per heavy atom. The number of alkyl halides is 2. The SMILES string of the molecule is O=c1ccccn1CCn1cc(-c2cncc(N3CC(C(F)F)C3)c2)nn1. The number of halogens is 2. The third-order valence-electron chi connectivity index (χ3n) is 4.66. The van der Waals surface area contributed by atoms with E-state index in [0.717, 1.165) is 11.3 Å². The van der Waals surface area contributed by atoms with Crippen molar-refractivity contribution in [1.82, 2.24) is 24.5 Å². The Balaban J connectivity index is 1.43. The summed E-state index contributed by atoms with van der Waals surface area (Å²) in [7, 11) is 0. The number of nitrogens with zero attached hydrogens (tertiary/aromatic N) is 6. The number of aryl methyl sites for hydroxylation is 2. The van der Waals surface area contributed by atoms with E-state index in [1.807, 2.05) is 11.0 Å². The van der Waals surface area contributed by atoms with E-state index in [9.17, 15) is 13.6 Å². The molecular weight excluding hydrogens is 354 g/mol. The van der Waals surface area contributed by atoms with E-state index < -0.39 is 12.3 Å². The first-order valence-electron chi connectivity index (χ1n) is 8.64. The van der Waals surface area contributed by atoms with Crippen molar-refractivity contribution in [2.24, 2.45) is 5.92 Å². The normalized spacial score (nSPS) is 14.6. The van der Waals surface area contributed by atoms with Crippen LogP contribution in [0.2, 0.25) is 0 Å². The molecule has 0 N–H and O–H groups in total. The Bertz CT molecular complexity index is 979. The average molecular weight is 372 g/mol. The van der Waals surface area contributed by atoms with Gasteiger partial charge in [-0.05, 0) is 12.1 Å². The number of rotatable bonds is 6. The Morgan fingerprint density at radius 3 is 2.81 bits per heavy atom. The molecule has 3 aromatic rings. The summed E-state index contributed by atoms with van der Waals surface area (Å²) in [4.78, 5) is 17.8. The van der Waals surface area contributed by atoms with Gasteiger partial charge in [0, 0.05) is 43.7 Å². The molecule has 0 aromatic carbocycles. The Kier molecular flexibility index (Phi) is 4.66. The van der Waals surface area contributed by atoms with Crippen LogP contribution in [-0.4, -0.2) is 44.1 Å². The molecule has 4 rings (SSSR count). The number of pyridine rings is 2. The fourth-order valence-corrected chi connectivity index (χ4v) is 3.02. The standard InChI is InChI=1S/C18H18F2N6O/c19-18(20)14-10-25(11-14)15-7-13(8-21-9-15)16-12-26(23-22-16)6-5-24-4-2-1-3-17(24)27/h1-4,7-9,12,14,18H,5-6,10-11H2. The minimum Gasteiger partial charge on any atom is -0.369 e. The predicted molar refractivity (Wildman–Crippen MR) is 95.7 cm³/mol. The zero-order valence-corrected chi connectivity index (χ0v) is 14.4. The molecule has 0 radical (unpaired) electrons. The van der Waals surface area contributed by atoms with Crippen LogP contribution in [0.25, 0.3) is 11.3 Å². The van der Waals surface area contributed by atoms with Crippen molar-refractivity contribution < 1.29 is 8.78 Å². The highest BCUT2D eigenvalue weighted by Gasteiger charge is 2.34. The lowest BCUT2D eigenvalue weighted by molar-refractivity contribution is 0.0614. The van der Waals surface area contributed by atoms with E-state index >= 15 is 0 Å². The van der Waals surface area contributed by atoms with Gasteiger partial charge >= 0.3 is 0 Å². The Labute approximate surface area is 153 Å². The van der Waals surface area contributed by atoms with Gasteiger partial charge < -0.3 is 9.47 Å².